The van der Waals surface area contributed by atoms with Gasteiger partial charge in [0.1, 0.15) is 6.61 Å². The standard InChI is InChI=1S/C7H7F7O4/c8-5(9,6(10,11)7(12,13)14)2-18-1-3(15)4(16)17/h3,15H,1-2H2,(H,16,17). The molecule has 0 amide bonds. The Morgan fingerprint density at radius 2 is 1.56 bits per heavy atom. The van der Waals surface area contributed by atoms with Gasteiger partial charge in [-0.2, -0.15) is 30.7 Å². The highest BCUT2D eigenvalue weighted by atomic mass is 19.4. The molecule has 0 aliphatic carbocycles. The van der Waals surface area contributed by atoms with Gasteiger partial charge in [-0.05, 0) is 0 Å². The third-order valence-corrected chi connectivity index (χ3v) is 1.66. The van der Waals surface area contributed by atoms with Crippen molar-refractivity contribution in [1.82, 2.24) is 0 Å². The predicted octanol–water partition coefficient (Wildman–Crippen LogP) is 1.28. The number of hydrogen-bond donors (Lipinski definition) is 2. The van der Waals surface area contributed by atoms with E-state index >= 15 is 0 Å². The second kappa shape index (κ2) is 5.26. The minimum atomic E-state index is -6.48. The molecular formula is C7H7F7O4. The lowest BCUT2D eigenvalue weighted by Gasteiger charge is -2.27. The van der Waals surface area contributed by atoms with Crippen LogP contribution in [-0.2, 0) is 9.53 Å². The first kappa shape index (κ1) is 16.9. The molecule has 1 unspecified atom stereocenters. The molecule has 108 valence electrons. The summed E-state index contributed by atoms with van der Waals surface area (Å²) < 4.78 is 88.0. The Bertz CT molecular complexity index is 301. The minimum Gasteiger partial charge on any atom is -0.479 e. The van der Waals surface area contributed by atoms with Crippen LogP contribution in [0.15, 0.2) is 0 Å². The predicted molar refractivity (Wildman–Crippen MR) is 40.4 cm³/mol. The third-order valence-electron chi connectivity index (χ3n) is 1.66. The van der Waals surface area contributed by atoms with E-state index in [1.807, 2.05) is 0 Å². The molecule has 11 heteroatoms. The van der Waals surface area contributed by atoms with Crippen LogP contribution in [0.2, 0.25) is 0 Å². The fourth-order valence-corrected chi connectivity index (χ4v) is 0.668. The maximum atomic E-state index is 12.5. The van der Waals surface area contributed by atoms with E-state index in [-0.39, 0.29) is 0 Å². The van der Waals surface area contributed by atoms with Gasteiger partial charge in [0.15, 0.2) is 6.10 Å². The van der Waals surface area contributed by atoms with Crippen molar-refractivity contribution in [2.24, 2.45) is 0 Å². The van der Waals surface area contributed by atoms with Crippen molar-refractivity contribution < 1.29 is 50.5 Å². The Morgan fingerprint density at radius 3 is 1.89 bits per heavy atom. The molecule has 0 heterocycles. The number of alkyl halides is 7. The number of carboxylic acids is 1. The SMILES string of the molecule is O=C(O)C(O)COCC(F)(F)C(F)(F)C(F)(F)F. The maximum absolute atomic E-state index is 12.5. The molecule has 0 radical (unpaired) electrons. The van der Waals surface area contributed by atoms with Gasteiger partial charge in [-0.25, -0.2) is 4.79 Å². The van der Waals surface area contributed by atoms with Crippen LogP contribution in [0.1, 0.15) is 0 Å². The normalized spacial score (nSPS) is 15.6. The Morgan fingerprint density at radius 1 is 1.11 bits per heavy atom. The zero-order valence-electron chi connectivity index (χ0n) is 8.35. The number of halogens is 7. The number of carbonyl (C=O) groups is 1. The van der Waals surface area contributed by atoms with Gasteiger partial charge in [0, 0.05) is 0 Å². The van der Waals surface area contributed by atoms with Crippen molar-refractivity contribution in [3.05, 3.63) is 0 Å². The lowest BCUT2D eigenvalue weighted by Crippen LogP contribution is -2.54. The van der Waals surface area contributed by atoms with Gasteiger partial charge in [-0.15, -0.1) is 0 Å². The first-order valence-electron chi connectivity index (χ1n) is 4.14. The second-order valence-electron chi connectivity index (χ2n) is 3.15. The summed E-state index contributed by atoms with van der Waals surface area (Å²) in [6.45, 7) is -3.73. The van der Waals surface area contributed by atoms with E-state index in [0.717, 1.165) is 0 Å². The van der Waals surface area contributed by atoms with E-state index in [1.54, 1.807) is 0 Å². The van der Waals surface area contributed by atoms with E-state index in [1.165, 1.54) is 0 Å². The fraction of sp³-hybridized carbons (Fsp3) is 0.857. The fourth-order valence-electron chi connectivity index (χ4n) is 0.668. The van der Waals surface area contributed by atoms with Crippen molar-refractivity contribution in [3.63, 3.8) is 0 Å². The van der Waals surface area contributed by atoms with Gasteiger partial charge in [-0.1, -0.05) is 0 Å². The molecule has 0 bridgehead atoms. The molecule has 0 saturated heterocycles. The van der Waals surface area contributed by atoms with Crippen molar-refractivity contribution >= 4 is 5.97 Å². The third kappa shape index (κ3) is 3.70. The van der Waals surface area contributed by atoms with Crippen molar-refractivity contribution in [2.75, 3.05) is 13.2 Å². The number of ether oxygens (including phenoxy) is 1. The van der Waals surface area contributed by atoms with Crippen LogP contribution in [0.4, 0.5) is 30.7 Å². The molecule has 0 spiro atoms. The molecule has 0 rings (SSSR count). The van der Waals surface area contributed by atoms with Crippen LogP contribution >= 0.6 is 0 Å². The molecular weight excluding hydrogens is 281 g/mol. The highest BCUT2D eigenvalue weighted by Crippen LogP contribution is 2.46. The summed E-state index contributed by atoms with van der Waals surface area (Å²) in [6, 6.07) is 0. The Labute approximate surface area is 95.0 Å². The Hall–Kier alpha value is -1.10. The molecule has 1 atom stereocenters. The van der Waals surface area contributed by atoms with Crippen LogP contribution in [0, 0.1) is 0 Å². The van der Waals surface area contributed by atoms with E-state index in [0.29, 0.717) is 0 Å². The molecule has 18 heavy (non-hydrogen) atoms. The molecule has 0 aliphatic rings. The highest BCUT2D eigenvalue weighted by Gasteiger charge is 2.72. The summed E-state index contributed by atoms with van der Waals surface area (Å²) in [5.74, 6) is -13.8. The number of rotatable bonds is 6. The smallest absolute Gasteiger partial charge is 0.459 e. The number of aliphatic carboxylic acids is 1. The zero-order valence-corrected chi connectivity index (χ0v) is 8.35. The summed E-state index contributed by atoms with van der Waals surface area (Å²) in [5, 5.41) is 16.6. The van der Waals surface area contributed by atoms with Crippen molar-refractivity contribution in [2.45, 2.75) is 24.1 Å². The van der Waals surface area contributed by atoms with Gasteiger partial charge in [-0.3, -0.25) is 0 Å². The summed E-state index contributed by atoms with van der Waals surface area (Å²) in [4.78, 5) is 9.97. The maximum Gasteiger partial charge on any atom is 0.459 e. The highest BCUT2D eigenvalue weighted by molar-refractivity contribution is 5.71. The van der Waals surface area contributed by atoms with Crippen LogP contribution in [-0.4, -0.2) is 53.5 Å². The van der Waals surface area contributed by atoms with Gasteiger partial charge in [0.2, 0.25) is 0 Å². The summed E-state index contributed by atoms with van der Waals surface area (Å²) in [5.41, 5.74) is 0. The quantitative estimate of drug-likeness (QED) is 0.723. The number of carboxylic acid groups (broad SMARTS) is 1. The topological polar surface area (TPSA) is 66.8 Å². The van der Waals surface area contributed by atoms with E-state index in [2.05, 4.69) is 4.74 Å². The lowest BCUT2D eigenvalue weighted by atomic mass is 10.2. The second-order valence-corrected chi connectivity index (χ2v) is 3.15. The summed E-state index contributed by atoms with van der Waals surface area (Å²) >= 11 is 0. The molecule has 4 nitrogen and oxygen atoms in total. The van der Waals surface area contributed by atoms with Gasteiger partial charge in [0.25, 0.3) is 0 Å². The average Bonchev–Trinajstić information content (AvgIpc) is 2.14. The van der Waals surface area contributed by atoms with Gasteiger partial charge < -0.3 is 14.9 Å². The Balaban J connectivity index is 4.54. The van der Waals surface area contributed by atoms with Crippen molar-refractivity contribution in [1.29, 1.82) is 0 Å². The molecule has 0 aliphatic heterocycles. The van der Waals surface area contributed by atoms with E-state index in [9.17, 15) is 35.5 Å². The monoisotopic (exact) mass is 288 g/mol. The minimum absolute atomic E-state index is 1.35. The first-order valence-corrected chi connectivity index (χ1v) is 4.14. The van der Waals surface area contributed by atoms with Gasteiger partial charge in [0.05, 0.1) is 6.61 Å². The largest absolute Gasteiger partial charge is 0.479 e. The van der Waals surface area contributed by atoms with Crippen LogP contribution in [0.25, 0.3) is 0 Å². The molecule has 2 N–H and O–H groups in total. The van der Waals surface area contributed by atoms with Crippen LogP contribution in [0.3, 0.4) is 0 Å². The summed E-state index contributed by atoms with van der Waals surface area (Å²) in [6.07, 6.45) is -8.79. The van der Waals surface area contributed by atoms with Gasteiger partial charge >= 0.3 is 24.0 Å². The lowest BCUT2D eigenvalue weighted by molar-refractivity contribution is -0.361. The molecule has 0 fully saturated rings. The number of aliphatic hydroxyl groups excluding tert-OH is 1. The first-order chi connectivity index (χ1) is 7.83. The Kier molecular flexibility index (Phi) is 4.94. The molecule has 0 aromatic rings. The van der Waals surface area contributed by atoms with E-state index < -0.39 is 43.3 Å². The van der Waals surface area contributed by atoms with Crippen LogP contribution < -0.4 is 0 Å². The van der Waals surface area contributed by atoms with E-state index in [4.69, 9.17) is 10.2 Å². The number of hydrogen-bond acceptors (Lipinski definition) is 3. The molecule has 0 aromatic carbocycles. The molecule has 0 aromatic heterocycles. The molecule has 0 saturated carbocycles. The van der Waals surface area contributed by atoms with Crippen LogP contribution in [0.5, 0.6) is 0 Å². The number of aliphatic hydroxyl groups is 1. The average molecular weight is 288 g/mol. The zero-order chi connectivity index (χ0) is 14.8. The van der Waals surface area contributed by atoms with Crippen molar-refractivity contribution in [3.8, 4) is 0 Å². The summed E-state index contributed by atoms with van der Waals surface area (Å²) in [7, 11) is 0.